The summed E-state index contributed by atoms with van der Waals surface area (Å²) in [5, 5.41) is 8.58. The van der Waals surface area contributed by atoms with Crippen LogP contribution < -0.4 is 5.32 Å². The van der Waals surface area contributed by atoms with E-state index in [-0.39, 0.29) is 6.04 Å². The molecule has 0 fully saturated rings. The lowest BCUT2D eigenvalue weighted by atomic mass is 10.0. The minimum atomic E-state index is 0.135. The molecule has 1 unspecified atom stereocenters. The van der Waals surface area contributed by atoms with Crippen LogP contribution in [-0.2, 0) is 6.54 Å². The van der Waals surface area contributed by atoms with Crippen molar-refractivity contribution >= 4 is 11.6 Å². The molecule has 1 heterocycles. The zero-order chi connectivity index (χ0) is 13.0. The van der Waals surface area contributed by atoms with Crippen LogP contribution in [0.4, 0.5) is 0 Å². The van der Waals surface area contributed by atoms with E-state index >= 15 is 0 Å². The highest BCUT2D eigenvalue weighted by molar-refractivity contribution is 6.30. The molecule has 0 spiro atoms. The minimum Gasteiger partial charge on any atom is -0.305 e. The molecule has 1 aromatic carbocycles. The van der Waals surface area contributed by atoms with Crippen LogP contribution in [0.1, 0.15) is 31.1 Å². The molecule has 18 heavy (non-hydrogen) atoms. The first-order chi connectivity index (χ1) is 8.76. The third-order valence-electron chi connectivity index (χ3n) is 2.93. The Balaban J connectivity index is 2.39. The first-order valence-corrected chi connectivity index (χ1v) is 6.64. The lowest BCUT2D eigenvalue weighted by Crippen LogP contribution is -2.24. The van der Waals surface area contributed by atoms with E-state index in [2.05, 4.69) is 36.4 Å². The van der Waals surface area contributed by atoms with Crippen molar-refractivity contribution < 1.29 is 0 Å². The topological polar surface area (TPSA) is 29.9 Å². The summed E-state index contributed by atoms with van der Waals surface area (Å²) in [6, 6.07) is 10.2. The lowest BCUT2D eigenvalue weighted by Gasteiger charge is -2.19. The molecule has 0 amide bonds. The second kappa shape index (κ2) is 6.03. The van der Waals surface area contributed by atoms with Crippen molar-refractivity contribution in [1.82, 2.24) is 15.1 Å². The van der Waals surface area contributed by atoms with Crippen LogP contribution in [0.2, 0.25) is 5.02 Å². The van der Waals surface area contributed by atoms with Gasteiger partial charge in [-0.05, 0) is 37.2 Å². The standard InChI is InChI=1S/C14H18ClN3/c1-3-16-14(11-6-5-7-12(15)10-11)13-8-9-17-18(13)4-2/h5-10,14,16H,3-4H2,1-2H3. The molecule has 0 aliphatic heterocycles. The fourth-order valence-corrected chi connectivity index (χ4v) is 2.33. The van der Waals surface area contributed by atoms with Gasteiger partial charge in [-0.2, -0.15) is 5.10 Å². The summed E-state index contributed by atoms with van der Waals surface area (Å²) in [5.41, 5.74) is 2.33. The lowest BCUT2D eigenvalue weighted by molar-refractivity contribution is 0.542. The molecule has 1 N–H and O–H groups in total. The second-order valence-corrected chi connectivity index (χ2v) is 4.55. The van der Waals surface area contributed by atoms with Crippen LogP contribution >= 0.6 is 11.6 Å². The highest BCUT2D eigenvalue weighted by Crippen LogP contribution is 2.24. The average Bonchev–Trinajstić information content (AvgIpc) is 2.84. The molecule has 2 rings (SSSR count). The van der Waals surface area contributed by atoms with Crippen LogP contribution in [0.5, 0.6) is 0 Å². The summed E-state index contributed by atoms with van der Waals surface area (Å²) in [6.45, 7) is 5.96. The summed E-state index contributed by atoms with van der Waals surface area (Å²) >= 11 is 6.07. The van der Waals surface area contributed by atoms with Crippen molar-refractivity contribution in [3.63, 3.8) is 0 Å². The number of benzene rings is 1. The Labute approximate surface area is 113 Å². The van der Waals surface area contributed by atoms with Crippen LogP contribution in [0.15, 0.2) is 36.5 Å². The molecule has 1 aromatic heterocycles. The molecule has 3 nitrogen and oxygen atoms in total. The molecule has 1 atom stereocenters. The number of hydrogen-bond donors (Lipinski definition) is 1. The number of nitrogens with zero attached hydrogens (tertiary/aromatic N) is 2. The molecule has 0 aliphatic rings. The summed E-state index contributed by atoms with van der Waals surface area (Å²) in [7, 11) is 0. The SMILES string of the molecule is CCNC(c1cccc(Cl)c1)c1ccnn1CC. The monoisotopic (exact) mass is 263 g/mol. The Kier molecular flexibility index (Phi) is 4.39. The van der Waals surface area contributed by atoms with E-state index < -0.39 is 0 Å². The first kappa shape index (κ1) is 13.1. The zero-order valence-electron chi connectivity index (χ0n) is 10.7. The van der Waals surface area contributed by atoms with Gasteiger partial charge in [-0.15, -0.1) is 0 Å². The van der Waals surface area contributed by atoms with Gasteiger partial charge in [-0.1, -0.05) is 30.7 Å². The minimum absolute atomic E-state index is 0.135. The van der Waals surface area contributed by atoms with Crippen LogP contribution in [0.3, 0.4) is 0 Å². The maximum absolute atomic E-state index is 6.07. The summed E-state index contributed by atoms with van der Waals surface area (Å²) < 4.78 is 2.01. The number of aromatic nitrogens is 2. The predicted octanol–water partition coefficient (Wildman–Crippen LogP) is 3.26. The molecule has 0 bridgehead atoms. The van der Waals surface area contributed by atoms with Gasteiger partial charge in [0.25, 0.3) is 0 Å². The van der Waals surface area contributed by atoms with Crippen LogP contribution in [-0.4, -0.2) is 16.3 Å². The van der Waals surface area contributed by atoms with E-state index in [0.717, 1.165) is 18.1 Å². The molecule has 0 aliphatic carbocycles. The average molecular weight is 264 g/mol. The van der Waals surface area contributed by atoms with E-state index in [9.17, 15) is 0 Å². The highest BCUT2D eigenvalue weighted by Gasteiger charge is 2.16. The number of hydrogen-bond acceptors (Lipinski definition) is 2. The van der Waals surface area contributed by atoms with Gasteiger partial charge < -0.3 is 5.32 Å². The molecule has 0 saturated heterocycles. The fourth-order valence-electron chi connectivity index (χ4n) is 2.14. The largest absolute Gasteiger partial charge is 0.305 e. The number of halogens is 1. The number of rotatable bonds is 5. The number of aryl methyl sites for hydroxylation is 1. The fraction of sp³-hybridized carbons (Fsp3) is 0.357. The Hall–Kier alpha value is -1.32. The Morgan fingerprint density at radius 1 is 1.33 bits per heavy atom. The summed E-state index contributed by atoms with van der Waals surface area (Å²) in [4.78, 5) is 0. The van der Waals surface area contributed by atoms with E-state index in [4.69, 9.17) is 11.6 Å². The smallest absolute Gasteiger partial charge is 0.0748 e. The molecule has 0 radical (unpaired) electrons. The van der Waals surface area contributed by atoms with Gasteiger partial charge in [-0.3, -0.25) is 4.68 Å². The van der Waals surface area contributed by atoms with Crippen LogP contribution in [0.25, 0.3) is 0 Å². The zero-order valence-corrected chi connectivity index (χ0v) is 11.5. The number of nitrogens with one attached hydrogen (secondary N) is 1. The van der Waals surface area contributed by atoms with Gasteiger partial charge in [0.15, 0.2) is 0 Å². The summed E-state index contributed by atoms with van der Waals surface area (Å²) in [6.07, 6.45) is 1.84. The van der Waals surface area contributed by atoms with Crippen molar-refractivity contribution in [2.75, 3.05) is 6.54 Å². The van der Waals surface area contributed by atoms with E-state index in [1.54, 1.807) is 0 Å². The van der Waals surface area contributed by atoms with Crippen molar-refractivity contribution in [2.45, 2.75) is 26.4 Å². The molecule has 96 valence electrons. The Morgan fingerprint density at radius 2 is 2.17 bits per heavy atom. The van der Waals surface area contributed by atoms with Gasteiger partial charge in [0.1, 0.15) is 0 Å². The van der Waals surface area contributed by atoms with Gasteiger partial charge in [0.2, 0.25) is 0 Å². The van der Waals surface area contributed by atoms with E-state index in [0.29, 0.717) is 0 Å². The Morgan fingerprint density at radius 3 is 2.83 bits per heavy atom. The third kappa shape index (κ3) is 2.74. The highest BCUT2D eigenvalue weighted by atomic mass is 35.5. The van der Waals surface area contributed by atoms with E-state index in [1.807, 2.05) is 29.1 Å². The molecule has 4 heteroatoms. The van der Waals surface area contributed by atoms with Crippen molar-refractivity contribution in [2.24, 2.45) is 0 Å². The first-order valence-electron chi connectivity index (χ1n) is 6.26. The van der Waals surface area contributed by atoms with Crippen LogP contribution in [0, 0.1) is 0 Å². The molecule has 0 saturated carbocycles. The van der Waals surface area contributed by atoms with Gasteiger partial charge >= 0.3 is 0 Å². The van der Waals surface area contributed by atoms with E-state index in [1.165, 1.54) is 11.3 Å². The summed E-state index contributed by atoms with van der Waals surface area (Å²) in [5.74, 6) is 0. The molecule has 2 aromatic rings. The third-order valence-corrected chi connectivity index (χ3v) is 3.17. The maximum atomic E-state index is 6.07. The van der Waals surface area contributed by atoms with Gasteiger partial charge in [-0.25, -0.2) is 0 Å². The predicted molar refractivity (Wildman–Crippen MR) is 74.9 cm³/mol. The quantitative estimate of drug-likeness (QED) is 0.897. The normalized spacial score (nSPS) is 12.6. The molecular formula is C14H18ClN3. The van der Waals surface area contributed by atoms with Crippen molar-refractivity contribution in [3.05, 3.63) is 52.8 Å². The second-order valence-electron chi connectivity index (χ2n) is 4.12. The van der Waals surface area contributed by atoms with Crippen molar-refractivity contribution in [3.8, 4) is 0 Å². The van der Waals surface area contributed by atoms with Gasteiger partial charge in [0.05, 0.1) is 11.7 Å². The Bertz CT molecular complexity index is 507. The maximum Gasteiger partial charge on any atom is 0.0748 e. The van der Waals surface area contributed by atoms with Crippen molar-refractivity contribution in [1.29, 1.82) is 0 Å². The molecular weight excluding hydrogens is 246 g/mol. The van der Waals surface area contributed by atoms with Gasteiger partial charge in [0, 0.05) is 17.8 Å².